The van der Waals surface area contributed by atoms with Crippen molar-refractivity contribution >= 4 is 32.5 Å². The summed E-state index contributed by atoms with van der Waals surface area (Å²) >= 11 is 0.739. The van der Waals surface area contributed by atoms with Crippen molar-refractivity contribution in [2.45, 2.75) is 25.5 Å². The Labute approximate surface area is 108 Å². The van der Waals surface area contributed by atoms with Crippen molar-refractivity contribution in [2.24, 2.45) is 0 Å². The van der Waals surface area contributed by atoms with E-state index in [4.69, 9.17) is 10.4 Å². The van der Waals surface area contributed by atoms with E-state index in [2.05, 4.69) is 9.10 Å². The predicted octanol–water partition coefficient (Wildman–Crippen LogP) is 1.19. The lowest BCUT2D eigenvalue weighted by molar-refractivity contribution is 0.0697. The molecule has 0 bridgehead atoms. The van der Waals surface area contributed by atoms with Crippen LogP contribution in [0.3, 0.4) is 0 Å². The third-order valence-electron chi connectivity index (χ3n) is 2.20. The lowest BCUT2D eigenvalue weighted by Gasteiger charge is -2.09. The molecule has 9 heteroatoms. The van der Waals surface area contributed by atoms with Gasteiger partial charge in [-0.25, -0.2) is 13.2 Å². The van der Waals surface area contributed by atoms with Crippen LogP contribution < -0.4 is 4.72 Å². The van der Waals surface area contributed by atoms with E-state index in [1.54, 1.807) is 13.0 Å². The zero-order valence-electron chi connectivity index (χ0n) is 9.67. The Morgan fingerprint density at radius 1 is 1.67 bits per heavy atom. The molecule has 0 aromatic carbocycles. The average molecular weight is 289 g/mol. The SMILES string of the molecule is CCC(C#N)S(=O)(=O)Nc1snc(C)c1C(=O)O. The molecule has 0 aliphatic heterocycles. The molecule has 1 atom stereocenters. The van der Waals surface area contributed by atoms with E-state index in [1.165, 1.54) is 6.92 Å². The summed E-state index contributed by atoms with van der Waals surface area (Å²) in [5.41, 5.74) is 0.0478. The summed E-state index contributed by atoms with van der Waals surface area (Å²) in [6.07, 6.45) is 0.117. The van der Waals surface area contributed by atoms with Crippen LogP contribution in [-0.4, -0.2) is 29.1 Å². The van der Waals surface area contributed by atoms with Crippen molar-refractivity contribution in [3.8, 4) is 6.07 Å². The maximum Gasteiger partial charge on any atom is 0.340 e. The Hall–Kier alpha value is -1.66. The second-order valence-corrected chi connectivity index (χ2v) is 6.09. The van der Waals surface area contributed by atoms with Gasteiger partial charge >= 0.3 is 5.97 Å². The molecule has 1 unspecified atom stereocenters. The fourth-order valence-electron chi connectivity index (χ4n) is 1.27. The lowest BCUT2D eigenvalue weighted by atomic mass is 10.2. The van der Waals surface area contributed by atoms with Gasteiger partial charge in [-0.05, 0) is 24.9 Å². The van der Waals surface area contributed by atoms with E-state index in [0.29, 0.717) is 0 Å². The van der Waals surface area contributed by atoms with Gasteiger partial charge in [-0.2, -0.15) is 9.64 Å². The third kappa shape index (κ3) is 2.77. The highest BCUT2D eigenvalue weighted by molar-refractivity contribution is 7.93. The predicted molar refractivity (Wildman–Crippen MR) is 66.0 cm³/mol. The quantitative estimate of drug-likeness (QED) is 0.840. The molecular weight excluding hydrogens is 278 g/mol. The fraction of sp³-hybridized carbons (Fsp3) is 0.444. The highest BCUT2D eigenvalue weighted by Gasteiger charge is 2.27. The van der Waals surface area contributed by atoms with E-state index >= 15 is 0 Å². The van der Waals surface area contributed by atoms with E-state index in [-0.39, 0.29) is 22.7 Å². The first kappa shape index (κ1) is 14.4. The first-order chi connectivity index (χ1) is 8.33. The zero-order chi connectivity index (χ0) is 13.9. The summed E-state index contributed by atoms with van der Waals surface area (Å²) < 4.78 is 29.5. The third-order valence-corrected chi connectivity index (χ3v) is 4.86. The number of anilines is 1. The van der Waals surface area contributed by atoms with E-state index in [9.17, 15) is 13.2 Å². The molecule has 0 spiro atoms. The molecule has 0 saturated heterocycles. The molecule has 0 fully saturated rings. The second kappa shape index (κ2) is 5.32. The number of aryl methyl sites for hydroxylation is 1. The molecule has 1 rings (SSSR count). The van der Waals surface area contributed by atoms with E-state index in [0.717, 1.165) is 11.5 Å². The summed E-state index contributed by atoms with van der Waals surface area (Å²) in [6.45, 7) is 3.03. The monoisotopic (exact) mass is 289 g/mol. The first-order valence-electron chi connectivity index (χ1n) is 4.94. The summed E-state index contributed by atoms with van der Waals surface area (Å²) in [7, 11) is -3.92. The van der Waals surface area contributed by atoms with Crippen LogP contribution in [-0.2, 0) is 10.0 Å². The van der Waals surface area contributed by atoms with E-state index in [1.807, 2.05) is 0 Å². The maximum atomic E-state index is 11.8. The molecule has 1 heterocycles. The summed E-state index contributed by atoms with van der Waals surface area (Å²) in [5, 5.41) is 16.4. The Bertz CT molecular complexity index is 600. The topological polar surface area (TPSA) is 120 Å². The number of sulfonamides is 1. The fourth-order valence-corrected chi connectivity index (χ4v) is 3.50. The van der Waals surface area contributed by atoms with Gasteiger partial charge in [-0.3, -0.25) is 4.72 Å². The number of nitrogens with zero attached hydrogens (tertiary/aromatic N) is 2. The summed E-state index contributed by atoms with van der Waals surface area (Å²) in [5.74, 6) is -1.26. The van der Waals surface area contributed by atoms with Crippen LogP contribution in [0, 0.1) is 18.3 Å². The Balaban J connectivity index is 3.14. The van der Waals surface area contributed by atoms with Gasteiger partial charge in [0.15, 0.2) is 5.25 Å². The molecule has 2 N–H and O–H groups in total. The van der Waals surface area contributed by atoms with Crippen molar-refractivity contribution in [1.82, 2.24) is 4.37 Å². The largest absolute Gasteiger partial charge is 0.478 e. The number of hydrogen-bond acceptors (Lipinski definition) is 6. The molecule has 98 valence electrons. The van der Waals surface area contributed by atoms with Crippen LogP contribution in [0.2, 0.25) is 0 Å². The highest BCUT2D eigenvalue weighted by Crippen LogP contribution is 2.26. The number of nitrogens with one attached hydrogen (secondary N) is 1. The number of carboxylic acids is 1. The minimum absolute atomic E-state index is 0.0753. The molecule has 7 nitrogen and oxygen atoms in total. The molecule has 0 aliphatic carbocycles. The van der Waals surface area contributed by atoms with Crippen LogP contribution in [0.1, 0.15) is 29.4 Å². The number of nitriles is 1. The van der Waals surface area contributed by atoms with Crippen LogP contribution in [0.15, 0.2) is 0 Å². The van der Waals surface area contributed by atoms with Gasteiger partial charge in [0.2, 0.25) is 10.0 Å². The van der Waals surface area contributed by atoms with Gasteiger partial charge in [0, 0.05) is 0 Å². The summed E-state index contributed by atoms with van der Waals surface area (Å²) in [6, 6.07) is 1.65. The molecule has 0 saturated carbocycles. The molecule has 0 radical (unpaired) electrons. The minimum atomic E-state index is -3.92. The maximum absolute atomic E-state index is 11.8. The molecule has 1 aromatic rings. The normalized spacial score (nSPS) is 12.7. The van der Waals surface area contributed by atoms with Gasteiger partial charge in [-0.15, -0.1) is 0 Å². The van der Waals surface area contributed by atoms with Crippen molar-refractivity contribution < 1.29 is 18.3 Å². The summed E-state index contributed by atoms with van der Waals surface area (Å²) in [4.78, 5) is 11.0. The molecule has 1 aromatic heterocycles. The number of carboxylic acid groups (broad SMARTS) is 1. The standard InChI is InChI=1S/C9H11N3O4S2/c1-3-6(4-10)18(15,16)12-8-7(9(13)14)5(2)11-17-8/h6,12H,3H2,1-2H3,(H,13,14). The molecule has 0 amide bonds. The van der Waals surface area contributed by atoms with Gasteiger partial charge in [0.25, 0.3) is 0 Å². The number of aromatic nitrogens is 1. The van der Waals surface area contributed by atoms with Crippen LogP contribution in [0.5, 0.6) is 0 Å². The van der Waals surface area contributed by atoms with Crippen LogP contribution in [0.4, 0.5) is 5.00 Å². The number of aromatic carboxylic acids is 1. The number of rotatable bonds is 5. The van der Waals surface area contributed by atoms with E-state index < -0.39 is 21.2 Å². The smallest absolute Gasteiger partial charge is 0.340 e. The number of hydrogen-bond donors (Lipinski definition) is 2. The first-order valence-corrected chi connectivity index (χ1v) is 7.26. The van der Waals surface area contributed by atoms with Crippen LogP contribution in [0.25, 0.3) is 0 Å². The van der Waals surface area contributed by atoms with Crippen molar-refractivity contribution in [3.05, 3.63) is 11.3 Å². The number of carbonyl (C=O) groups is 1. The Kier molecular flexibility index (Phi) is 4.26. The Morgan fingerprint density at radius 3 is 2.72 bits per heavy atom. The molecule has 18 heavy (non-hydrogen) atoms. The second-order valence-electron chi connectivity index (χ2n) is 3.45. The average Bonchev–Trinajstić information content (AvgIpc) is 2.60. The van der Waals surface area contributed by atoms with Crippen molar-refractivity contribution in [3.63, 3.8) is 0 Å². The Morgan fingerprint density at radius 2 is 2.28 bits per heavy atom. The van der Waals surface area contributed by atoms with Gasteiger partial charge < -0.3 is 5.11 Å². The lowest BCUT2D eigenvalue weighted by Crippen LogP contribution is -2.26. The molecular formula is C9H11N3O4S2. The zero-order valence-corrected chi connectivity index (χ0v) is 11.3. The van der Waals surface area contributed by atoms with Gasteiger partial charge in [0.05, 0.1) is 11.8 Å². The van der Waals surface area contributed by atoms with Crippen LogP contribution >= 0.6 is 11.5 Å². The highest BCUT2D eigenvalue weighted by atomic mass is 32.2. The van der Waals surface area contributed by atoms with Gasteiger partial charge in [0.1, 0.15) is 10.6 Å². The minimum Gasteiger partial charge on any atom is -0.478 e. The molecule has 0 aliphatic rings. The van der Waals surface area contributed by atoms with Crippen molar-refractivity contribution in [2.75, 3.05) is 4.72 Å². The van der Waals surface area contributed by atoms with Crippen molar-refractivity contribution in [1.29, 1.82) is 5.26 Å². The van der Waals surface area contributed by atoms with Gasteiger partial charge in [-0.1, -0.05) is 6.92 Å².